The zero-order valence-corrected chi connectivity index (χ0v) is 11.8. The Labute approximate surface area is 118 Å². The maximum atomic E-state index is 11.9. The number of nitrogens with one attached hydrogen (secondary N) is 1. The van der Waals surface area contributed by atoms with Gasteiger partial charge in [0, 0.05) is 26.4 Å². The number of amides is 2. The normalized spacial score (nSPS) is 15.0. The Morgan fingerprint density at radius 1 is 1.40 bits per heavy atom. The molecule has 2 rings (SSSR count). The highest BCUT2D eigenvalue weighted by Gasteiger charge is 2.21. The van der Waals surface area contributed by atoms with Crippen molar-refractivity contribution in [2.75, 3.05) is 13.6 Å². The van der Waals surface area contributed by atoms with Gasteiger partial charge in [0.2, 0.25) is 5.91 Å². The number of hydrazone groups is 1. The van der Waals surface area contributed by atoms with Crippen molar-refractivity contribution in [2.45, 2.75) is 26.2 Å². The topological polar surface area (TPSA) is 61.8 Å². The first-order chi connectivity index (χ1) is 9.56. The SMILES string of the molecule is Cc1cccc(CCNC(=O)C2=NN(C)C(=O)CC2)c1. The van der Waals surface area contributed by atoms with E-state index in [-0.39, 0.29) is 11.8 Å². The average Bonchev–Trinajstić information content (AvgIpc) is 2.42. The molecule has 106 valence electrons. The van der Waals surface area contributed by atoms with E-state index in [2.05, 4.69) is 16.5 Å². The number of benzene rings is 1. The molecule has 0 radical (unpaired) electrons. The third kappa shape index (κ3) is 3.66. The van der Waals surface area contributed by atoms with Gasteiger partial charge in [0.05, 0.1) is 0 Å². The summed E-state index contributed by atoms with van der Waals surface area (Å²) in [6, 6.07) is 8.21. The molecule has 1 N–H and O–H groups in total. The lowest BCUT2D eigenvalue weighted by molar-refractivity contribution is -0.130. The summed E-state index contributed by atoms with van der Waals surface area (Å²) >= 11 is 0. The van der Waals surface area contributed by atoms with E-state index in [1.54, 1.807) is 7.05 Å². The molecule has 0 fully saturated rings. The molecular weight excluding hydrogens is 254 g/mol. The minimum atomic E-state index is -0.183. The summed E-state index contributed by atoms with van der Waals surface area (Å²) < 4.78 is 0. The number of nitrogens with zero attached hydrogens (tertiary/aromatic N) is 2. The molecule has 1 aliphatic rings. The minimum absolute atomic E-state index is 0.0543. The van der Waals surface area contributed by atoms with Crippen LogP contribution in [0.4, 0.5) is 0 Å². The van der Waals surface area contributed by atoms with Crippen LogP contribution in [0.2, 0.25) is 0 Å². The van der Waals surface area contributed by atoms with Crippen LogP contribution >= 0.6 is 0 Å². The first-order valence-corrected chi connectivity index (χ1v) is 6.74. The zero-order chi connectivity index (χ0) is 14.5. The predicted molar refractivity (Wildman–Crippen MR) is 77.3 cm³/mol. The Morgan fingerprint density at radius 2 is 2.20 bits per heavy atom. The first-order valence-electron chi connectivity index (χ1n) is 6.74. The van der Waals surface area contributed by atoms with Crippen LogP contribution in [0.25, 0.3) is 0 Å². The van der Waals surface area contributed by atoms with E-state index >= 15 is 0 Å². The molecule has 0 unspecified atom stereocenters. The van der Waals surface area contributed by atoms with Gasteiger partial charge in [-0.3, -0.25) is 9.59 Å². The van der Waals surface area contributed by atoms with Gasteiger partial charge in [-0.15, -0.1) is 0 Å². The standard InChI is InChI=1S/C15H19N3O2/c1-11-4-3-5-12(10-11)8-9-16-15(20)13-6-7-14(19)18(2)17-13/h3-5,10H,6-9H2,1-2H3,(H,16,20). The smallest absolute Gasteiger partial charge is 0.267 e. The highest BCUT2D eigenvalue weighted by Crippen LogP contribution is 2.07. The van der Waals surface area contributed by atoms with E-state index in [0.29, 0.717) is 25.1 Å². The van der Waals surface area contributed by atoms with Crippen LogP contribution in [0, 0.1) is 6.92 Å². The summed E-state index contributed by atoms with van der Waals surface area (Å²) in [5, 5.41) is 8.07. The van der Waals surface area contributed by atoms with Gasteiger partial charge in [-0.1, -0.05) is 29.8 Å². The number of hydrogen-bond donors (Lipinski definition) is 1. The third-order valence-electron chi connectivity index (χ3n) is 3.25. The number of hydrogen-bond acceptors (Lipinski definition) is 3. The summed E-state index contributed by atoms with van der Waals surface area (Å²) in [5.74, 6) is -0.238. The van der Waals surface area contributed by atoms with Gasteiger partial charge in [-0.25, -0.2) is 5.01 Å². The summed E-state index contributed by atoms with van der Waals surface area (Å²) in [6.45, 7) is 2.62. The fourth-order valence-corrected chi connectivity index (χ4v) is 2.12. The quantitative estimate of drug-likeness (QED) is 0.897. The fraction of sp³-hybridized carbons (Fsp3) is 0.400. The molecule has 0 saturated carbocycles. The monoisotopic (exact) mass is 273 g/mol. The Balaban J connectivity index is 1.84. The van der Waals surface area contributed by atoms with Crippen LogP contribution in [-0.4, -0.2) is 36.1 Å². The van der Waals surface area contributed by atoms with E-state index in [1.165, 1.54) is 16.1 Å². The molecule has 20 heavy (non-hydrogen) atoms. The van der Waals surface area contributed by atoms with Crippen LogP contribution in [-0.2, 0) is 16.0 Å². The Morgan fingerprint density at radius 3 is 2.90 bits per heavy atom. The maximum absolute atomic E-state index is 11.9. The molecule has 0 aliphatic carbocycles. The summed E-state index contributed by atoms with van der Waals surface area (Å²) in [5.41, 5.74) is 2.84. The second-order valence-corrected chi connectivity index (χ2v) is 4.96. The molecule has 1 aliphatic heterocycles. The summed E-state index contributed by atoms with van der Waals surface area (Å²) in [4.78, 5) is 23.2. The average molecular weight is 273 g/mol. The Hall–Kier alpha value is -2.17. The van der Waals surface area contributed by atoms with Crippen molar-refractivity contribution in [3.8, 4) is 0 Å². The largest absolute Gasteiger partial charge is 0.351 e. The van der Waals surface area contributed by atoms with Crippen molar-refractivity contribution < 1.29 is 9.59 Å². The van der Waals surface area contributed by atoms with Crippen LogP contribution < -0.4 is 5.32 Å². The van der Waals surface area contributed by atoms with Crippen molar-refractivity contribution in [1.82, 2.24) is 10.3 Å². The van der Waals surface area contributed by atoms with Crippen molar-refractivity contribution >= 4 is 17.5 Å². The van der Waals surface area contributed by atoms with E-state index in [0.717, 1.165) is 6.42 Å². The van der Waals surface area contributed by atoms with Gasteiger partial charge >= 0.3 is 0 Å². The molecule has 0 atom stereocenters. The molecule has 0 bridgehead atoms. The molecule has 0 aromatic heterocycles. The molecule has 0 saturated heterocycles. The number of carbonyl (C=O) groups is 2. The maximum Gasteiger partial charge on any atom is 0.267 e. The Bertz CT molecular complexity index is 552. The van der Waals surface area contributed by atoms with E-state index < -0.39 is 0 Å². The molecule has 1 aromatic carbocycles. The molecule has 0 spiro atoms. The van der Waals surface area contributed by atoms with E-state index in [4.69, 9.17) is 0 Å². The highest BCUT2D eigenvalue weighted by molar-refractivity contribution is 6.39. The highest BCUT2D eigenvalue weighted by atomic mass is 16.2. The van der Waals surface area contributed by atoms with Crippen LogP contribution in [0.1, 0.15) is 24.0 Å². The van der Waals surface area contributed by atoms with Crippen molar-refractivity contribution in [1.29, 1.82) is 0 Å². The molecule has 2 amide bonds. The number of carbonyl (C=O) groups excluding carboxylic acids is 2. The van der Waals surface area contributed by atoms with Crippen LogP contribution in [0.15, 0.2) is 29.4 Å². The second kappa shape index (κ2) is 6.32. The minimum Gasteiger partial charge on any atom is -0.351 e. The third-order valence-corrected chi connectivity index (χ3v) is 3.25. The van der Waals surface area contributed by atoms with Gasteiger partial charge in [-0.2, -0.15) is 5.10 Å². The van der Waals surface area contributed by atoms with Gasteiger partial charge in [0.15, 0.2) is 0 Å². The molecule has 5 nitrogen and oxygen atoms in total. The Kier molecular flexibility index (Phi) is 4.50. The van der Waals surface area contributed by atoms with Gasteiger partial charge in [0.1, 0.15) is 5.71 Å². The van der Waals surface area contributed by atoms with Gasteiger partial charge < -0.3 is 5.32 Å². The first kappa shape index (κ1) is 14.2. The van der Waals surface area contributed by atoms with E-state index in [1.807, 2.05) is 25.1 Å². The second-order valence-electron chi connectivity index (χ2n) is 4.96. The van der Waals surface area contributed by atoms with Crippen molar-refractivity contribution in [2.24, 2.45) is 5.10 Å². The van der Waals surface area contributed by atoms with Crippen molar-refractivity contribution in [3.05, 3.63) is 35.4 Å². The lowest BCUT2D eigenvalue weighted by Gasteiger charge is -2.18. The van der Waals surface area contributed by atoms with Crippen LogP contribution in [0.5, 0.6) is 0 Å². The van der Waals surface area contributed by atoms with E-state index in [9.17, 15) is 9.59 Å². The van der Waals surface area contributed by atoms with Crippen molar-refractivity contribution in [3.63, 3.8) is 0 Å². The van der Waals surface area contributed by atoms with Gasteiger partial charge in [-0.05, 0) is 18.9 Å². The predicted octanol–water partition coefficient (Wildman–Crippen LogP) is 1.26. The fourth-order valence-electron chi connectivity index (χ4n) is 2.12. The summed E-state index contributed by atoms with van der Waals surface area (Å²) in [7, 11) is 1.57. The zero-order valence-electron chi connectivity index (χ0n) is 11.8. The lowest BCUT2D eigenvalue weighted by Crippen LogP contribution is -2.38. The molecule has 5 heteroatoms. The molecule has 1 heterocycles. The lowest BCUT2D eigenvalue weighted by atomic mass is 10.1. The molecular formula is C15H19N3O2. The molecule has 1 aromatic rings. The van der Waals surface area contributed by atoms with Crippen LogP contribution in [0.3, 0.4) is 0 Å². The number of rotatable bonds is 4. The summed E-state index contributed by atoms with van der Waals surface area (Å²) in [6.07, 6.45) is 1.55. The number of aryl methyl sites for hydroxylation is 1. The van der Waals surface area contributed by atoms with Gasteiger partial charge in [0.25, 0.3) is 5.91 Å².